The summed E-state index contributed by atoms with van der Waals surface area (Å²) in [5, 5.41) is 10.3. The van der Waals surface area contributed by atoms with E-state index in [-0.39, 0.29) is 5.56 Å². The van der Waals surface area contributed by atoms with Crippen molar-refractivity contribution in [1.82, 2.24) is 14.4 Å². The number of hydrogen-bond donors (Lipinski definition) is 1. The zero-order valence-corrected chi connectivity index (χ0v) is 11.2. The first-order valence-corrected chi connectivity index (χ1v) is 6.54. The quantitative estimate of drug-likeness (QED) is 0.580. The van der Waals surface area contributed by atoms with Crippen molar-refractivity contribution in [2.24, 2.45) is 0 Å². The molecule has 0 saturated carbocycles. The monoisotopic (exact) mass is 277 g/mol. The predicted octanol–water partition coefficient (Wildman–Crippen LogP) is 3.04. The molecule has 0 fully saturated rings. The normalized spacial score (nSPS) is 11.5. The number of carbonyl (C=O) groups is 1. The largest absolute Gasteiger partial charge is 0.478 e. The fourth-order valence-corrected chi connectivity index (χ4v) is 2.80. The zero-order valence-electron chi connectivity index (χ0n) is 11.2. The van der Waals surface area contributed by atoms with Gasteiger partial charge in [-0.05, 0) is 30.7 Å². The molecule has 0 amide bonds. The van der Waals surface area contributed by atoms with E-state index in [4.69, 9.17) is 0 Å². The Labute approximate surface area is 119 Å². The molecule has 102 valence electrons. The van der Waals surface area contributed by atoms with E-state index >= 15 is 0 Å². The smallest absolute Gasteiger partial charge is 0.339 e. The Morgan fingerprint density at radius 3 is 2.86 bits per heavy atom. The molecule has 0 bridgehead atoms. The first kappa shape index (κ1) is 11.8. The fraction of sp³-hybridized carbons (Fsp3) is 0.0625. The standard InChI is InChI=1S/C16H11N3O2/c1-9-7-17-8-10-6-11(16(20)21)15-18-12-4-2-3-5-13(12)19(15)14(9)10/h2-8H,1H3,(H,20,21). The Morgan fingerprint density at radius 1 is 1.24 bits per heavy atom. The van der Waals surface area contributed by atoms with Crippen LogP contribution in [0.2, 0.25) is 0 Å². The molecule has 0 saturated heterocycles. The van der Waals surface area contributed by atoms with Gasteiger partial charge in [0.15, 0.2) is 5.65 Å². The van der Waals surface area contributed by atoms with Crippen LogP contribution in [0.1, 0.15) is 15.9 Å². The van der Waals surface area contributed by atoms with Crippen LogP contribution >= 0.6 is 0 Å². The Hall–Kier alpha value is -2.95. The Balaban J connectivity index is 2.40. The van der Waals surface area contributed by atoms with Gasteiger partial charge in [0.2, 0.25) is 0 Å². The van der Waals surface area contributed by atoms with Crippen LogP contribution in [0.5, 0.6) is 0 Å². The third kappa shape index (κ3) is 1.54. The van der Waals surface area contributed by atoms with Gasteiger partial charge in [-0.1, -0.05) is 12.1 Å². The van der Waals surface area contributed by atoms with Crippen LogP contribution < -0.4 is 0 Å². The number of imidazole rings is 1. The lowest BCUT2D eigenvalue weighted by Crippen LogP contribution is -2.03. The number of carboxylic acids is 1. The highest BCUT2D eigenvalue weighted by Crippen LogP contribution is 2.27. The molecule has 0 spiro atoms. The van der Waals surface area contributed by atoms with Crippen LogP contribution in [0.3, 0.4) is 0 Å². The van der Waals surface area contributed by atoms with Gasteiger partial charge in [0.05, 0.1) is 16.6 Å². The molecule has 3 aromatic heterocycles. The first-order valence-electron chi connectivity index (χ1n) is 6.54. The van der Waals surface area contributed by atoms with Crippen molar-refractivity contribution >= 4 is 33.6 Å². The second-order valence-corrected chi connectivity index (χ2v) is 5.02. The van der Waals surface area contributed by atoms with Crippen molar-refractivity contribution in [3.05, 3.63) is 53.9 Å². The van der Waals surface area contributed by atoms with Crippen LogP contribution in [-0.2, 0) is 0 Å². The van der Waals surface area contributed by atoms with E-state index in [1.54, 1.807) is 18.5 Å². The van der Waals surface area contributed by atoms with Crippen LogP contribution in [0.15, 0.2) is 42.7 Å². The van der Waals surface area contributed by atoms with Crippen molar-refractivity contribution in [2.75, 3.05) is 0 Å². The zero-order chi connectivity index (χ0) is 14.6. The minimum Gasteiger partial charge on any atom is -0.478 e. The highest BCUT2D eigenvalue weighted by atomic mass is 16.4. The summed E-state index contributed by atoms with van der Waals surface area (Å²) in [6.45, 7) is 1.96. The summed E-state index contributed by atoms with van der Waals surface area (Å²) in [5.41, 5.74) is 4.26. The summed E-state index contributed by atoms with van der Waals surface area (Å²) in [6, 6.07) is 9.29. The van der Waals surface area contributed by atoms with Gasteiger partial charge in [0.1, 0.15) is 5.56 Å². The van der Waals surface area contributed by atoms with Crippen molar-refractivity contribution in [2.45, 2.75) is 6.92 Å². The van der Waals surface area contributed by atoms with E-state index in [0.717, 1.165) is 27.5 Å². The summed E-state index contributed by atoms with van der Waals surface area (Å²) in [6.07, 6.45) is 3.46. The Kier molecular flexibility index (Phi) is 2.27. The van der Waals surface area contributed by atoms with Crippen molar-refractivity contribution in [3.63, 3.8) is 0 Å². The van der Waals surface area contributed by atoms with Gasteiger partial charge in [-0.15, -0.1) is 0 Å². The predicted molar refractivity (Wildman–Crippen MR) is 79.7 cm³/mol. The molecule has 5 heteroatoms. The number of fused-ring (bicyclic) bond motifs is 5. The van der Waals surface area contributed by atoms with E-state index in [0.29, 0.717) is 5.65 Å². The van der Waals surface area contributed by atoms with Crippen LogP contribution in [0, 0.1) is 6.92 Å². The molecule has 0 radical (unpaired) electrons. The molecule has 0 aliphatic rings. The number of hydrogen-bond acceptors (Lipinski definition) is 3. The average molecular weight is 277 g/mol. The number of carboxylic acid groups (broad SMARTS) is 1. The SMILES string of the molecule is Cc1cncc2cc(C(=O)O)c3nc4ccccc4n3c12. The molecule has 3 heterocycles. The van der Waals surface area contributed by atoms with Crippen LogP contribution in [-0.4, -0.2) is 25.4 Å². The highest BCUT2D eigenvalue weighted by Gasteiger charge is 2.17. The Bertz CT molecular complexity index is 1030. The van der Waals surface area contributed by atoms with Gasteiger partial charge >= 0.3 is 5.97 Å². The molecule has 0 aliphatic heterocycles. The number of aromatic nitrogens is 3. The summed E-state index contributed by atoms with van der Waals surface area (Å²) in [4.78, 5) is 20.2. The molecule has 1 N–H and O–H groups in total. The molecule has 4 aromatic rings. The van der Waals surface area contributed by atoms with E-state index in [1.807, 2.05) is 35.6 Å². The molecule has 21 heavy (non-hydrogen) atoms. The minimum atomic E-state index is -0.987. The Morgan fingerprint density at radius 2 is 2.05 bits per heavy atom. The van der Waals surface area contributed by atoms with Crippen molar-refractivity contribution < 1.29 is 9.90 Å². The van der Waals surface area contributed by atoms with Gasteiger partial charge in [0.25, 0.3) is 0 Å². The molecule has 0 atom stereocenters. The van der Waals surface area contributed by atoms with Crippen LogP contribution in [0.4, 0.5) is 0 Å². The van der Waals surface area contributed by atoms with Gasteiger partial charge in [-0.2, -0.15) is 0 Å². The fourth-order valence-electron chi connectivity index (χ4n) is 2.80. The minimum absolute atomic E-state index is 0.186. The number of para-hydroxylation sites is 2. The lowest BCUT2D eigenvalue weighted by Gasteiger charge is -2.08. The number of nitrogens with zero attached hydrogens (tertiary/aromatic N) is 3. The lowest BCUT2D eigenvalue weighted by molar-refractivity contribution is 0.0698. The van der Waals surface area contributed by atoms with E-state index in [2.05, 4.69) is 9.97 Å². The maximum absolute atomic E-state index is 11.5. The summed E-state index contributed by atoms with van der Waals surface area (Å²) >= 11 is 0. The van der Waals surface area contributed by atoms with Gasteiger partial charge in [-0.3, -0.25) is 9.38 Å². The van der Waals surface area contributed by atoms with E-state index in [9.17, 15) is 9.90 Å². The maximum Gasteiger partial charge on any atom is 0.339 e. The maximum atomic E-state index is 11.5. The number of aryl methyl sites for hydroxylation is 1. The van der Waals surface area contributed by atoms with Crippen LogP contribution in [0.25, 0.3) is 27.6 Å². The number of aromatic carboxylic acids is 1. The summed E-state index contributed by atoms with van der Waals surface area (Å²) in [7, 11) is 0. The van der Waals surface area contributed by atoms with E-state index in [1.165, 1.54) is 0 Å². The highest BCUT2D eigenvalue weighted by molar-refractivity contribution is 6.03. The second kappa shape index (κ2) is 4.02. The molecular formula is C16H11N3O2. The third-order valence-corrected chi connectivity index (χ3v) is 3.68. The van der Waals surface area contributed by atoms with Crippen molar-refractivity contribution in [1.29, 1.82) is 0 Å². The topological polar surface area (TPSA) is 67.5 Å². The van der Waals surface area contributed by atoms with E-state index < -0.39 is 5.97 Å². The first-order chi connectivity index (χ1) is 10.2. The van der Waals surface area contributed by atoms with Gasteiger partial charge in [0, 0.05) is 17.8 Å². The average Bonchev–Trinajstić information content (AvgIpc) is 2.85. The second-order valence-electron chi connectivity index (χ2n) is 5.02. The molecule has 0 aliphatic carbocycles. The molecule has 1 aromatic carbocycles. The number of benzene rings is 1. The molecule has 4 rings (SSSR count). The summed E-state index contributed by atoms with van der Waals surface area (Å²) < 4.78 is 1.91. The molecule has 0 unspecified atom stereocenters. The van der Waals surface area contributed by atoms with Gasteiger partial charge < -0.3 is 5.11 Å². The number of rotatable bonds is 1. The van der Waals surface area contributed by atoms with Crippen molar-refractivity contribution in [3.8, 4) is 0 Å². The lowest BCUT2D eigenvalue weighted by atomic mass is 10.1. The summed E-state index contributed by atoms with van der Waals surface area (Å²) in [5.74, 6) is -0.987. The molecular weight excluding hydrogens is 266 g/mol. The van der Waals surface area contributed by atoms with Gasteiger partial charge in [-0.25, -0.2) is 9.78 Å². The number of pyridine rings is 2. The molecule has 5 nitrogen and oxygen atoms in total. The third-order valence-electron chi connectivity index (χ3n) is 3.68.